The Hall–Kier alpha value is -2.08. The van der Waals surface area contributed by atoms with E-state index in [1.165, 1.54) is 0 Å². The molecule has 2 heterocycles. The number of fused-ring (bicyclic) bond motifs is 1. The molecular formula is C23H33N3O3. The molecule has 2 aliphatic heterocycles. The summed E-state index contributed by atoms with van der Waals surface area (Å²) in [4.78, 5) is 27.1. The molecule has 4 atom stereocenters. The molecule has 3 fully saturated rings. The van der Waals surface area contributed by atoms with Gasteiger partial charge in [0.15, 0.2) is 6.61 Å². The van der Waals surface area contributed by atoms with E-state index in [0.717, 1.165) is 63.8 Å². The van der Waals surface area contributed by atoms with Gasteiger partial charge in [-0.1, -0.05) is 25.1 Å². The van der Waals surface area contributed by atoms with Crippen molar-refractivity contribution in [3.63, 3.8) is 0 Å². The van der Waals surface area contributed by atoms with Gasteiger partial charge in [0.2, 0.25) is 5.91 Å². The maximum absolute atomic E-state index is 12.9. The minimum atomic E-state index is -0.0980. The molecule has 1 aromatic carbocycles. The summed E-state index contributed by atoms with van der Waals surface area (Å²) in [6, 6.07) is 7.67. The second kappa shape index (κ2) is 9.16. The number of nitrogens with one attached hydrogen (secondary N) is 2. The Morgan fingerprint density at radius 3 is 2.55 bits per heavy atom. The molecule has 1 aliphatic carbocycles. The number of hydrogen-bond acceptors (Lipinski definition) is 4. The van der Waals surface area contributed by atoms with Gasteiger partial charge in [0, 0.05) is 24.6 Å². The van der Waals surface area contributed by atoms with Crippen molar-refractivity contribution in [2.75, 3.05) is 32.8 Å². The van der Waals surface area contributed by atoms with Crippen molar-refractivity contribution in [1.82, 2.24) is 15.5 Å². The highest BCUT2D eigenvalue weighted by atomic mass is 16.5. The summed E-state index contributed by atoms with van der Waals surface area (Å²) in [5.41, 5.74) is 0.956. The lowest BCUT2D eigenvalue weighted by atomic mass is 10.00. The van der Waals surface area contributed by atoms with Crippen LogP contribution in [-0.2, 0) is 9.59 Å². The van der Waals surface area contributed by atoms with Crippen LogP contribution in [-0.4, -0.2) is 49.5 Å². The van der Waals surface area contributed by atoms with E-state index in [4.69, 9.17) is 4.74 Å². The Labute approximate surface area is 173 Å². The predicted molar refractivity (Wildman–Crippen MR) is 111 cm³/mol. The Morgan fingerprint density at radius 2 is 1.86 bits per heavy atom. The van der Waals surface area contributed by atoms with Crippen LogP contribution in [0.2, 0.25) is 0 Å². The molecule has 158 valence electrons. The first-order chi connectivity index (χ1) is 14.2. The number of carbonyl (C=O) groups is 2. The Morgan fingerprint density at radius 1 is 1.17 bits per heavy atom. The molecule has 2 saturated heterocycles. The SMILES string of the molecule is CCC(NC(=O)C1C[C@H]2CNC[C@H]2C1)c1ccccc1OCC(=O)N1CCCC1. The van der Waals surface area contributed by atoms with E-state index in [9.17, 15) is 9.59 Å². The van der Waals surface area contributed by atoms with Crippen LogP contribution < -0.4 is 15.4 Å². The summed E-state index contributed by atoms with van der Waals surface area (Å²) in [5.74, 6) is 2.32. The number of likely N-dealkylation sites (tertiary alicyclic amines) is 1. The zero-order valence-corrected chi connectivity index (χ0v) is 17.4. The van der Waals surface area contributed by atoms with Crippen LogP contribution in [0, 0.1) is 17.8 Å². The predicted octanol–water partition coefficient (Wildman–Crippen LogP) is 2.50. The van der Waals surface area contributed by atoms with Crippen molar-refractivity contribution in [1.29, 1.82) is 0 Å². The molecule has 2 unspecified atom stereocenters. The van der Waals surface area contributed by atoms with E-state index < -0.39 is 0 Å². The van der Waals surface area contributed by atoms with Gasteiger partial charge in [-0.05, 0) is 63.1 Å². The topological polar surface area (TPSA) is 70.7 Å². The maximum atomic E-state index is 12.9. The summed E-state index contributed by atoms with van der Waals surface area (Å²) in [7, 11) is 0. The molecular weight excluding hydrogens is 366 g/mol. The number of hydrogen-bond donors (Lipinski definition) is 2. The molecule has 6 nitrogen and oxygen atoms in total. The van der Waals surface area contributed by atoms with Crippen molar-refractivity contribution in [3.8, 4) is 5.75 Å². The number of rotatable bonds is 7. The summed E-state index contributed by atoms with van der Waals surface area (Å²) in [6.45, 7) is 5.89. The molecule has 0 aromatic heterocycles. The molecule has 0 spiro atoms. The second-order valence-corrected chi connectivity index (χ2v) is 8.73. The van der Waals surface area contributed by atoms with Crippen LogP contribution in [0.4, 0.5) is 0 Å². The van der Waals surface area contributed by atoms with Gasteiger partial charge in [0.25, 0.3) is 5.91 Å². The third-order valence-corrected chi connectivity index (χ3v) is 6.85. The van der Waals surface area contributed by atoms with Gasteiger partial charge in [0.1, 0.15) is 5.75 Å². The smallest absolute Gasteiger partial charge is 0.260 e. The molecule has 0 radical (unpaired) electrons. The number of amides is 2. The fraction of sp³-hybridized carbons (Fsp3) is 0.652. The molecule has 3 aliphatic rings. The molecule has 2 amide bonds. The van der Waals surface area contributed by atoms with E-state index in [0.29, 0.717) is 17.6 Å². The van der Waals surface area contributed by atoms with Gasteiger partial charge in [0.05, 0.1) is 6.04 Å². The number of carbonyl (C=O) groups excluding carboxylic acids is 2. The number of ether oxygens (including phenoxy) is 1. The van der Waals surface area contributed by atoms with Crippen LogP contribution in [0.25, 0.3) is 0 Å². The monoisotopic (exact) mass is 399 g/mol. The van der Waals surface area contributed by atoms with Gasteiger partial charge < -0.3 is 20.3 Å². The average Bonchev–Trinajstić information content (AvgIpc) is 3.47. The van der Waals surface area contributed by atoms with Crippen LogP contribution in [0.15, 0.2) is 24.3 Å². The highest BCUT2D eigenvalue weighted by molar-refractivity contribution is 5.80. The van der Waals surface area contributed by atoms with Gasteiger partial charge in [-0.25, -0.2) is 0 Å². The quantitative estimate of drug-likeness (QED) is 0.739. The lowest BCUT2D eigenvalue weighted by molar-refractivity contribution is -0.132. The Balaban J connectivity index is 1.38. The summed E-state index contributed by atoms with van der Waals surface area (Å²) in [5, 5.41) is 6.70. The first kappa shape index (κ1) is 20.2. The van der Waals surface area contributed by atoms with Crippen molar-refractivity contribution >= 4 is 11.8 Å². The molecule has 1 saturated carbocycles. The van der Waals surface area contributed by atoms with E-state index in [1.54, 1.807) is 0 Å². The van der Waals surface area contributed by atoms with E-state index in [-0.39, 0.29) is 30.4 Å². The van der Waals surface area contributed by atoms with Crippen molar-refractivity contribution < 1.29 is 14.3 Å². The van der Waals surface area contributed by atoms with E-state index >= 15 is 0 Å². The van der Waals surface area contributed by atoms with Gasteiger partial charge in [-0.15, -0.1) is 0 Å². The molecule has 6 heteroatoms. The van der Waals surface area contributed by atoms with Crippen LogP contribution in [0.3, 0.4) is 0 Å². The normalized spacial score (nSPS) is 26.9. The number of benzene rings is 1. The van der Waals surface area contributed by atoms with Crippen molar-refractivity contribution in [2.45, 2.75) is 45.1 Å². The highest BCUT2D eigenvalue weighted by Gasteiger charge is 2.40. The molecule has 1 aromatic rings. The average molecular weight is 400 g/mol. The Kier molecular flexibility index (Phi) is 6.38. The maximum Gasteiger partial charge on any atom is 0.260 e. The molecule has 0 bridgehead atoms. The highest BCUT2D eigenvalue weighted by Crippen LogP contribution is 2.39. The zero-order valence-electron chi connectivity index (χ0n) is 17.4. The molecule has 4 rings (SSSR count). The summed E-state index contributed by atoms with van der Waals surface area (Å²) < 4.78 is 5.91. The fourth-order valence-corrected chi connectivity index (χ4v) is 5.17. The van der Waals surface area contributed by atoms with Gasteiger partial charge in [-0.2, -0.15) is 0 Å². The lowest BCUT2D eigenvalue weighted by Gasteiger charge is -2.23. The first-order valence-corrected chi connectivity index (χ1v) is 11.2. The molecule has 29 heavy (non-hydrogen) atoms. The van der Waals surface area contributed by atoms with Gasteiger partial charge in [-0.3, -0.25) is 9.59 Å². The minimum absolute atomic E-state index is 0.0421. The third-order valence-electron chi connectivity index (χ3n) is 6.85. The number of nitrogens with zero attached hydrogens (tertiary/aromatic N) is 1. The second-order valence-electron chi connectivity index (χ2n) is 8.73. The Bertz CT molecular complexity index is 720. The van der Waals surface area contributed by atoms with Crippen LogP contribution in [0.1, 0.15) is 50.6 Å². The third kappa shape index (κ3) is 4.58. The molecule has 2 N–H and O–H groups in total. The van der Waals surface area contributed by atoms with Gasteiger partial charge >= 0.3 is 0 Å². The number of para-hydroxylation sites is 1. The van der Waals surface area contributed by atoms with E-state index in [1.807, 2.05) is 29.2 Å². The van der Waals surface area contributed by atoms with Crippen molar-refractivity contribution in [3.05, 3.63) is 29.8 Å². The fourth-order valence-electron chi connectivity index (χ4n) is 5.17. The lowest BCUT2D eigenvalue weighted by Crippen LogP contribution is -2.34. The minimum Gasteiger partial charge on any atom is -0.483 e. The standard InChI is InChI=1S/C23H33N3O3/c1-2-20(25-23(28)16-11-17-13-24-14-18(17)12-16)19-7-3-4-8-21(19)29-15-22(27)26-9-5-6-10-26/h3-4,7-8,16-18,20,24H,2,5-6,9-15H2,1H3,(H,25,28)/t16?,17-,18+,20?. The van der Waals surface area contributed by atoms with Crippen LogP contribution >= 0.6 is 0 Å². The zero-order chi connectivity index (χ0) is 20.2. The van der Waals surface area contributed by atoms with Crippen molar-refractivity contribution in [2.24, 2.45) is 17.8 Å². The largest absolute Gasteiger partial charge is 0.483 e. The van der Waals surface area contributed by atoms with E-state index in [2.05, 4.69) is 17.6 Å². The summed E-state index contributed by atoms with van der Waals surface area (Å²) >= 11 is 0. The van der Waals surface area contributed by atoms with Crippen LogP contribution in [0.5, 0.6) is 5.75 Å². The first-order valence-electron chi connectivity index (χ1n) is 11.2. The summed E-state index contributed by atoms with van der Waals surface area (Å²) in [6.07, 6.45) is 4.91.